The van der Waals surface area contributed by atoms with Gasteiger partial charge < -0.3 is 15.1 Å². The highest BCUT2D eigenvalue weighted by Gasteiger charge is 2.19. The number of pyridine rings is 1. The van der Waals surface area contributed by atoms with Gasteiger partial charge in [-0.1, -0.05) is 29.8 Å². The minimum absolute atomic E-state index is 0.0216. The molecule has 1 fully saturated rings. The van der Waals surface area contributed by atoms with E-state index in [0.29, 0.717) is 6.54 Å². The first kappa shape index (κ1) is 17.3. The fraction of sp³-hybridized carbons (Fsp3) is 0.400. The molecule has 0 unspecified atom stereocenters. The summed E-state index contributed by atoms with van der Waals surface area (Å²) in [6.07, 6.45) is 2.82. The number of benzene rings is 1. The fourth-order valence-corrected chi connectivity index (χ4v) is 3.10. The van der Waals surface area contributed by atoms with E-state index < -0.39 is 0 Å². The number of aromatic nitrogens is 1. The Balaban J connectivity index is 1.53. The summed E-state index contributed by atoms with van der Waals surface area (Å²) in [6.45, 7) is 7.98. The van der Waals surface area contributed by atoms with E-state index in [2.05, 4.69) is 52.5 Å². The maximum Gasteiger partial charge on any atom is 0.317 e. The molecule has 5 heteroatoms. The van der Waals surface area contributed by atoms with Crippen molar-refractivity contribution in [3.05, 3.63) is 59.4 Å². The zero-order valence-electron chi connectivity index (χ0n) is 15.0. The topological polar surface area (TPSA) is 48.5 Å². The summed E-state index contributed by atoms with van der Waals surface area (Å²) in [5.41, 5.74) is 4.57. The van der Waals surface area contributed by atoms with E-state index in [1.54, 1.807) is 0 Å². The van der Waals surface area contributed by atoms with Crippen LogP contribution in [0.4, 0.5) is 10.5 Å². The number of nitrogens with one attached hydrogen (secondary N) is 1. The van der Waals surface area contributed by atoms with E-state index in [4.69, 9.17) is 0 Å². The summed E-state index contributed by atoms with van der Waals surface area (Å²) in [6, 6.07) is 12.4. The number of hydrogen-bond acceptors (Lipinski definition) is 3. The van der Waals surface area contributed by atoms with Crippen LogP contribution in [0, 0.1) is 13.8 Å². The molecule has 0 atom stereocenters. The van der Waals surface area contributed by atoms with Crippen LogP contribution in [0.15, 0.2) is 42.6 Å². The van der Waals surface area contributed by atoms with E-state index in [-0.39, 0.29) is 6.03 Å². The average Bonchev–Trinajstić information content (AvgIpc) is 2.87. The molecular formula is C20H26N4O. The van der Waals surface area contributed by atoms with Crippen molar-refractivity contribution in [2.75, 3.05) is 31.1 Å². The van der Waals surface area contributed by atoms with Gasteiger partial charge >= 0.3 is 6.03 Å². The number of urea groups is 1. The molecule has 0 bridgehead atoms. The summed E-state index contributed by atoms with van der Waals surface area (Å²) in [5.74, 6) is 0. The third kappa shape index (κ3) is 4.72. The normalized spacial score (nSPS) is 15.0. The van der Waals surface area contributed by atoms with Gasteiger partial charge in [-0.15, -0.1) is 0 Å². The monoisotopic (exact) mass is 338 g/mol. The summed E-state index contributed by atoms with van der Waals surface area (Å²) in [7, 11) is 0. The smallest absolute Gasteiger partial charge is 0.317 e. The van der Waals surface area contributed by atoms with Crippen LogP contribution < -0.4 is 10.2 Å². The van der Waals surface area contributed by atoms with Crippen LogP contribution in [-0.2, 0) is 6.54 Å². The Labute approximate surface area is 149 Å². The Hall–Kier alpha value is -2.56. The molecule has 2 amide bonds. The molecule has 25 heavy (non-hydrogen) atoms. The molecule has 0 spiro atoms. The van der Waals surface area contributed by atoms with Crippen molar-refractivity contribution >= 4 is 11.7 Å². The minimum atomic E-state index is 0.0216. The van der Waals surface area contributed by atoms with E-state index in [0.717, 1.165) is 43.9 Å². The van der Waals surface area contributed by atoms with Gasteiger partial charge in [0, 0.05) is 50.3 Å². The van der Waals surface area contributed by atoms with Gasteiger partial charge in [0.25, 0.3) is 0 Å². The Bertz CT molecular complexity index is 714. The van der Waals surface area contributed by atoms with E-state index in [1.807, 2.05) is 24.1 Å². The fourth-order valence-electron chi connectivity index (χ4n) is 3.10. The van der Waals surface area contributed by atoms with E-state index >= 15 is 0 Å². The second-order valence-corrected chi connectivity index (χ2v) is 6.63. The molecule has 3 rings (SSSR count). The molecule has 0 radical (unpaired) electrons. The van der Waals surface area contributed by atoms with Crippen LogP contribution in [-0.4, -0.2) is 42.1 Å². The molecule has 0 aliphatic carbocycles. The highest BCUT2D eigenvalue weighted by molar-refractivity contribution is 5.74. The standard InChI is InChI=1S/C20H26N4O/c1-16-4-6-18(7-5-16)15-22-20(25)24-11-3-10-23(12-13-24)19-8-9-21-17(2)14-19/h4-9,14H,3,10-13,15H2,1-2H3,(H,22,25). The number of rotatable bonds is 3. The van der Waals surface area contributed by atoms with Crippen LogP contribution in [0.25, 0.3) is 0 Å². The molecule has 1 aromatic heterocycles. The number of carbonyl (C=O) groups is 1. The Morgan fingerprint density at radius 3 is 2.64 bits per heavy atom. The second-order valence-electron chi connectivity index (χ2n) is 6.63. The molecule has 5 nitrogen and oxygen atoms in total. The van der Waals surface area contributed by atoms with Gasteiger partial charge in [0.15, 0.2) is 0 Å². The predicted octanol–water partition coefficient (Wildman–Crippen LogP) is 3.12. The maximum absolute atomic E-state index is 12.5. The van der Waals surface area contributed by atoms with Crippen molar-refractivity contribution in [2.45, 2.75) is 26.8 Å². The van der Waals surface area contributed by atoms with Gasteiger partial charge in [-0.25, -0.2) is 4.79 Å². The number of hydrogen-bond donors (Lipinski definition) is 1. The zero-order chi connectivity index (χ0) is 17.6. The van der Waals surface area contributed by atoms with Crippen molar-refractivity contribution in [3.8, 4) is 0 Å². The molecule has 1 aliphatic rings. The van der Waals surface area contributed by atoms with Gasteiger partial charge in [-0.05, 0) is 38.0 Å². The summed E-state index contributed by atoms with van der Waals surface area (Å²) in [4.78, 5) is 21.0. The van der Waals surface area contributed by atoms with Gasteiger partial charge in [-0.3, -0.25) is 4.98 Å². The Kier molecular flexibility index (Phi) is 5.53. The highest BCUT2D eigenvalue weighted by Crippen LogP contribution is 2.16. The average molecular weight is 338 g/mol. The Morgan fingerprint density at radius 2 is 1.88 bits per heavy atom. The number of carbonyl (C=O) groups excluding carboxylic acids is 1. The van der Waals surface area contributed by atoms with Crippen LogP contribution in [0.2, 0.25) is 0 Å². The molecule has 1 saturated heterocycles. The first-order valence-corrected chi connectivity index (χ1v) is 8.88. The highest BCUT2D eigenvalue weighted by atomic mass is 16.2. The van der Waals surface area contributed by atoms with Gasteiger partial charge in [0.05, 0.1) is 0 Å². The lowest BCUT2D eigenvalue weighted by Gasteiger charge is -2.24. The lowest BCUT2D eigenvalue weighted by atomic mass is 10.1. The number of aryl methyl sites for hydroxylation is 2. The van der Waals surface area contributed by atoms with Gasteiger partial charge in [0.1, 0.15) is 0 Å². The molecule has 2 heterocycles. The molecule has 132 valence electrons. The van der Waals surface area contributed by atoms with E-state index in [9.17, 15) is 4.79 Å². The third-order valence-electron chi connectivity index (χ3n) is 4.59. The summed E-state index contributed by atoms with van der Waals surface area (Å²) < 4.78 is 0. The van der Waals surface area contributed by atoms with E-state index in [1.165, 1.54) is 11.3 Å². The number of anilines is 1. The lowest BCUT2D eigenvalue weighted by molar-refractivity contribution is 0.201. The van der Waals surface area contributed by atoms with Crippen molar-refractivity contribution in [2.24, 2.45) is 0 Å². The SMILES string of the molecule is Cc1ccc(CNC(=O)N2CCCN(c3ccnc(C)c3)CC2)cc1. The number of nitrogens with zero attached hydrogens (tertiary/aromatic N) is 3. The van der Waals surface area contributed by atoms with Crippen molar-refractivity contribution in [3.63, 3.8) is 0 Å². The molecule has 0 saturated carbocycles. The quantitative estimate of drug-likeness (QED) is 0.935. The minimum Gasteiger partial charge on any atom is -0.370 e. The third-order valence-corrected chi connectivity index (χ3v) is 4.59. The van der Waals surface area contributed by atoms with Gasteiger partial charge in [0.2, 0.25) is 0 Å². The van der Waals surface area contributed by atoms with Crippen LogP contribution in [0.1, 0.15) is 23.2 Å². The molecule has 2 aromatic rings. The molecule has 1 aromatic carbocycles. The van der Waals surface area contributed by atoms with Crippen molar-refractivity contribution < 1.29 is 4.79 Å². The maximum atomic E-state index is 12.5. The van der Waals surface area contributed by atoms with Crippen LogP contribution >= 0.6 is 0 Å². The second kappa shape index (κ2) is 8.01. The zero-order valence-corrected chi connectivity index (χ0v) is 15.0. The van der Waals surface area contributed by atoms with Crippen molar-refractivity contribution in [1.29, 1.82) is 0 Å². The van der Waals surface area contributed by atoms with Crippen LogP contribution in [0.5, 0.6) is 0 Å². The van der Waals surface area contributed by atoms with Gasteiger partial charge in [-0.2, -0.15) is 0 Å². The largest absolute Gasteiger partial charge is 0.370 e. The summed E-state index contributed by atoms with van der Waals surface area (Å²) in [5, 5.41) is 3.04. The summed E-state index contributed by atoms with van der Waals surface area (Å²) >= 11 is 0. The van der Waals surface area contributed by atoms with Crippen molar-refractivity contribution in [1.82, 2.24) is 15.2 Å². The molecular weight excluding hydrogens is 312 g/mol. The number of amides is 2. The van der Waals surface area contributed by atoms with Crippen LogP contribution in [0.3, 0.4) is 0 Å². The lowest BCUT2D eigenvalue weighted by Crippen LogP contribution is -2.41. The molecule has 1 N–H and O–H groups in total. The first-order valence-electron chi connectivity index (χ1n) is 8.88. The first-order chi connectivity index (χ1) is 12.1. The predicted molar refractivity (Wildman–Crippen MR) is 101 cm³/mol. The molecule has 1 aliphatic heterocycles. The Morgan fingerprint density at radius 1 is 1.08 bits per heavy atom.